The van der Waals surface area contributed by atoms with Gasteiger partial charge in [0.25, 0.3) is 0 Å². The van der Waals surface area contributed by atoms with Gasteiger partial charge in [0, 0.05) is 18.9 Å². The molecule has 1 aromatic heterocycles. The number of carbonyl (C=O) groups is 2. The van der Waals surface area contributed by atoms with Crippen molar-refractivity contribution in [1.29, 1.82) is 0 Å². The molecule has 0 spiro atoms. The SMILES string of the molecule is Cc1nc(CCC(=O)N[C@H](CC(=O)O)C(C)C)n[nH]1. The zero-order valence-corrected chi connectivity index (χ0v) is 11.4. The summed E-state index contributed by atoms with van der Waals surface area (Å²) in [7, 11) is 0. The van der Waals surface area contributed by atoms with Gasteiger partial charge in [-0.3, -0.25) is 14.7 Å². The average Bonchev–Trinajstić information content (AvgIpc) is 2.71. The van der Waals surface area contributed by atoms with Crippen LogP contribution in [-0.2, 0) is 16.0 Å². The molecule has 0 saturated heterocycles. The molecule has 7 nitrogen and oxygen atoms in total. The lowest BCUT2D eigenvalue weighted by atomic mass is 10.0. The molecule has 0 aliphatic heterocycles. The Morgan fingerprint density at radius 1 is 1.42 bits per heavy atom. The van der Waals surface area contributed by atoms with Crippen molar-refractivity contribution in [2.24, 2.45) is 5.92 Å². The second-order valence-electron chi connectivity index (χ2n) is 4.85. The molecule has 3 N–H and O–H groups in total. The Hall–Kier alpha value is -1.92. The van der Waals surface area contributed by atoms with Crippen LogP contribution in [0.15, 0.2) is 0 Å². The average molecular weight is 268 g/mol. The number of H-pyrrole nitrogens is 1. The summed E-state index contributed by atoms with van der Waals surface area (Å²) in [6.07, 6.45) is 0.622. The third-order valence-corrected chi connectivity index (χ3v) is 2.76. The van der Waals surface area contributed by atoms with Crippen molar-refractivity contribution in [3.63, 3.8) is 0 Å². The van der Waals surface area contributed by atoms with Gasteiger partial charge in [-0.15, -0.1) is 0 Å². The van der Waals surface area contributed by atoms with E-state index in [9.17, 15) is 9.59 Å². The maximum atomic E-state index is 11.7. The van der Waals surface area contributed by atoms with Crippen LogP contribution in [0.4, 0.5) is 0 Å². The van der Waals surface area contributed by atoms with Gasteiger partial charge in [0.2, 0.25) is 5.91 Å². The van der Waals surface area contributed by atoms with Crippen LogP contribution in [0.25, 0.3) is 0 Å². The van der Waals surface area contributed by atoms with Gasteiger partial charge in [-0.1, -0.05) is 13.8 Å². The molecule has 0 radical (unpaired) electrons. The van der Waals surface area contributed by atoms with Crippen molar-refractivity contribution in [3.05, 3.63) is 11.6 Å². The summed E-state index contributed by atoms with van der Waals surface area (Å²) in [5.74, 6) is 0.283. The Kier molecular flexibility index (Phi) is 5.47. The van der Waals surface area contributed by atoms with Crippen molar-refractivity contribution in [2.75, 3.05) is 0 Å². The minimum Gasteiger partial charge on any atom is -0.481 e. The molecule has 0 saturated carbocycles. The van der Waals surface area contributed by atoms with E-state index in [4.69, 9.17) is 5.11 Å². The zero-order chi connectivity index (χ0) is 14.4. The molecule has 7 heteroatoms. The van der Waals surface area contributed by atoms with Crippen LogP contribution in [0.5, 0.6) is 0 Å². The molecule has 1 rings (SSSR count). The number of hydrogen-bond acceptors (Lipinski definition) is 4. The minimum atomic E-state index is -0.913. The van der Waals surface area contributed by atoms with E-state index in [1.165, 1.54) is 0 Å². The van der Waals surface area contributed by atoms with Crippen LogP contribution < -0.4 is 5.32 Å². The third-order valence-electron chi connectivity index (χ3n) is 2.76. The van der Waals surface area contributed by atoms with Gasteiger partial charge < -0.3 is 10.4 Å². The summed E-state index contributed by atoms with van der Waals surface area (Å²) in [5.41, 5.74) is 0. The molecule has 0 bridgehead atoms. The van der Waals surface area contributed by atoms with E-state index in [2.05, 4.69) is 20.5 Å². The van der Waals surface area contributed by atoms with Gasteiger partial charge >= 0.3 is 5.97 Å². The molecule has 19 heavy (non-hydrogen) atoms. The summed E-state index contributed by atoms with van der Waals surface area (Å²) < 4.78 is 0. The lowest BCUT2D eigenvalue weighted by Gasteiger charge is -2.20. The highest BCUT2D eigenvalue weighted by atomic mass is 16.4. The normalized spacial score (nSPS) is 12.4. The van der Waals surface area contributed by atoms with Crippen molar-refractivity contribution >= 4 is 11.9 Å². The summed E-state index contributed by atoms with van der Waals surface area (Å²) >= 11 is 0. The van der Waals surface area contributed by atoms with Crippen molar-refractivity contribution in [1.82, 2.24) is 20.5 Å². The molecular formula is C12H20N4O3. The summed E-state index contributed by atoms with van der Waals surface area (Å²) in [4.78, 5) is 26.6. The number of nitrogens with zero attached hydrogens (tertiary/aromatic N) is 2. The second-order valence-corrected chi connectivity index (χ2v) is 4.85. The van der Waals surface area contributed by atoms with Gasteiger partial charge in [-0.25, -0.2) is 4.98 Å². The summed E-state index contributed by atoms with van der Waals surface area (Å²) in [5, 5.41) is 18.2. The molecule has 106 valence electrons. The Labute approximate surface area is 111 Å². The number of rotatable bonds is 7. The maximum Gasteiger partial charge on any atom is 0.305 e. The number of carboxylic acid groups (broad SMARTS) is 1. The molecule has 1 atom stereocenters. The van der Waals surface area contributed by atoms with Crippen molar-refractivity contribution in [3.8, 4) is 0 Å². The molecule has 0 aromatic carbocycles. The fourth-order valence-electron chi connectivity index (χ4n) is 1.65. The summed E-state index contributed by atoms with van der Waals surface area (Å²) in [6.45, 7) is 5.55. The highest BCUT2D eigenvalue weighted by Gasteiger charge is 2.19. The molecular weight excluding hydrogens is 248 g/mol. The van der Waals surface area contributed by atoms with Crippen LogP contribution >= 0.6 is 0 Å². The zero-order valence-electron chi connectivity index (χ0n) is 11.4. The van der Waals surface area contributed by atoms with Gasteiger partial charge in [0.15, 0.2) is 5.82 Å². The minimum absolute atomic E-state index is 0.0663. The number of carbonyl (C=O) groups excluding carboxylic acids is 1. The fraction of sp³-hybridized carbons (Fsp3) is 0.667. The topological polar surface area (TPSA) is 108 Å². The number of hydrogen-bond donors (Lipinski definition) is 3. The monoisotopic (exact) mass is 268 g/mol. The number of aromatic nitrogens is 3. The van der Waals surface area contributed by atoms with Gasteiger partial charge in [-0.2, -0.15) is 5.10 Å². The highest BCUT2D eigenvalue weighted by Crippen LogP contribution is 2.07. The van der Waals surface area contributed by atoms with Crippen LogP contribution in [-0.4, -0.2) is 38.2 Å². The first-order valence-corrected chi connectivity index (χ1v) is 6.27. The van der Waals surface area contributed by atoms with Crippen molar-refractivity contribution < 1.29 is 14.7 Å². The number of carboxylic acids is 1. The number of aryl methyl sites for hydroxylation is 2. The Bertz CT molecular complexity index is 442. The number of aliphatic carboxylic acids is 1. The fourth-order valence-corrected chi connectivity index (χ4v) is 1.65. The molecule has 0 aliphatic rings. The molecule has 0 unspecified atom stereocenters. The van der Waals surface area contributed by atoms with Gasteiger partial charge in [0.1, 0.15) is 5.82 Å². The number of aromatic amines is 1. The van der Waals surface area contributed by atoms with E-state index in [1.807, 2.05) is 13.8 Å². The van der Waals surface area contributed by atoms with Crippen LogP contribution in [0.1, 0.15) is 38.3 Å². The van der Waals surface area contributed by atoms with Crippen molar-refractivity contribution in [2.45, 2.75) is 46.1 Å². The van der Waals surface area contributed by atoms with E-state index in [-0.39, 0.29) is 30.7 Å². The van der Waals surface area contributed by atoms with Gasteiger partial charge in [0.05, 0.1) is 6.42 Å². The first kappa shape index (κ1) is 15.1. The Morgan fingerprint density at radius 2 is 2.11 bits per heavy atom. The van der Waals surface area contributed by atoms with Crippen LogP contribution in [0.3, 0.4) is 0 Å². The quantitative estimate of drug-likeness (QED) is 0.673. The van der Waals surface area contributed by atoms with E-state index in [0.717, 1.165) is 0 Å². The number of amides is 1. The van der Waals surface area contributed by atoms with Crippen LogP contribution in [0, 0.1) is 12.8 Å². The molecule has 0 aliphatic carbocycles. The summed E-state index contributed by atoms with van der Waals surface area (Å²) in [6, 6.07) is -0.348. The molecule has 1 amide bonds. The molecule has 1 heterocycles. The lowest BCUT2D eigenvalue weighted by Crippen LogP contribution is -2.40. The van der Waals surface area contributed by atoms with E-state index >= 15 is 0 Å². The highest BCUT2D eigenvalue weighted by molar-refractivity contribution is 5.77. The van der Waals surface area contributed by atoms with E-state index in [0.29, 0.717) is 18.1 Å². The standard InChI is InChI=1S/C12H20N4O3/c1-7(2)9(6-12(18)19)14-11(17)5-4-10-13-8(3)15-16-10/h7,9H,4-6H2,1-3H3,(H,14,17)(H,18,19)(H,13,15,16)/t9-/m1/s1. The van der Waals surface area contributed by atoms with Gasteiger partial charge in [-0.05, 0) is 12.8 Å². The predicted molar refractivity (Wildman–Crippen MR) is 68.5 cm³/mol. The Balaban J connectivity index is 2.42. The number of nitrogens with one attached hydrogen (secondary N) is 2. The smallest absolute Gasteiger partial charge is 0.305 e. The third kappa shape index (κ3) is 5.50. The second kappa shape index (κ2) is 6.86. The predicted octanol–water partition coefficient (Wildman–Crippen LogP) is 0.661. The van der Waals surface area contributed by atoms with E-state index in [1.54, 1.807) is 6.92 Å². The first-order chi connectivity index (χ1) is 8.88. The molecule has 1 aromatic rings. The lowest BCUT2D eigenvalue weighted by molar-refractivity contribution is -0.138. The largest absolute Gasteiger partial charge is 0.481 e. The Morgan fingerprint density at radius 3 is 2.58 bits per heavy atom. The molecule has 0 fully saturated rings. The first-order valence-electron chi connectivity index (χ1n) is 6.27. The maximum absolute atomic E-state index is 11.7. The van der Waals surface area contributed by atoms with E-state index < -0.39 is 5.97 Å². The van der Waals surface area contributed by atoms with Crippen LogP contribution in [0.2, 0.25) is 0 Å².